The molecule has 1 aromatic heterocycles. The minimum Gasteiger partial charge on any atom is -0.136 e. The first-order valence-corrected chi connectivity index (χ1v) is 6.55. The third-order valence-electron chi connectivity index (χ3n) is 2.81. The van der Waals surface area contributed by atoms with Gasteiger partial charge in [-0.15, -0.1) is 3.96 Å². The molecule has 0 atom stereocenters. The second-order valence-electron chi connectivity index (χ2n) is 3.95. The molecule has 3 rings (SSSR count). The van der Waals surface area contributed by atoms with E-state index in [1.807, 2.05) is 18.2 Å². The highest BCUT2D eigenvalue weighted by Crippen LogP contribution is 2.32. The van der Waals surface area contributed by atoms with Gasteiger partial charge in [0, 0.05) is 11.1 Å². The van der Waals surface area contributed by atoms with Gasteiger partial charge in [0.25, 0.3) is 0 Å². The molecule has 3 heteroatoms. The smallest absolute Gasteiger partial charge is 0.136 e. The van der Waals surface area contributed by atoms with Crippen LogP contribution in [0.5, 0.6) is 0 Å². The minimum absolute atomic E-state index is 0.785. The first-order valence-electron chi connectivity index (χ1n) is 5.40. The molecule has 0 saturated carbocycles. The van der Waals surface area contributed by atoms with E-state index in [2.05, 4.69) is 41.3 Å². The van der Waals surface area contributed by atoms with Crippen molar-refractivity contribution in [1.82, 2.24) is 0 Å². The SMILES string of the molecule is C[n+]1sc(-c2ccccc2)c2cc(Cl)ccc21. The van der Waals surface area contributed by atoms with Gasteiger partial charge >= 0.3 is 0 Å². The van der Waals surface area contributed by atoms with Gasteiger partial charge in [-0.2, -0.15) is 0 Å². The molecule has 0 amide bonds. The fourth-order valence-corrected chi connectivity index (χ4v) is 3.20. The van der Waals surface area contributed by atoms with Crippen molar-refractivity contribution in [3.63, 3.8) is 0 Å². The molecule has 0 spiro atoms. The zero-order valence-electron chi connectivity index (χ0n) is 9.35. The number of hydrogen-bond donors (Lipinski definition) is 0. The summed E-state index contributed by atoms with van der Waals surface area (Å²) in [7, 11) is 2.08. The van der Waals surface area contributed by atoms with Gasteiger partial charge in [-0.1, -0.05) is 41.9 Å². The van der Waals surface area contributed by atoms with Crippen LogP contribution in [0.25, 0.3) is 21.3 Å². The highest BCUT2D eigenvalue weighted by atomic mass is 35.5. The van der Waals surface area contributed by atoms with E-state index in [0.29, 0.717) is 0 Å². The fraction of sp³-hybridized carbons (Fsp3) is 0.0714. The molecule has 84 valence electrons. The Labute approximate surface area is 109 Å². The van der Waals surface area contributed by atoms with E-state index in [1.165, 1.54) is 21.3 Å². The maximum absolute atomic E-state index is 6.08. The van der Waals surface area contributed by atoms with E-state index in [9.17, 15) is 0 Å². The van der Waals surface area contributed by atoms with Crippen molar-refractivity contribution in [1.29, 1.82) is 0 Å². The van der Waals surface area contributed by atoms with Crippen molar-refractivity contribution < 1.29 is 3.96 Å². The van der Waals surface area contributed by atoms with E-state index in [1.54, 1.807) is 11.5 Å². The zero-order chi connectivity index (χ0) is 11.8. The lowest BCUT2D eigenvalue weighted by molar-refractivity contribution is -0.573. The highest BCUT2D eigenvalue weighted by molar-refractivity contribution is 7.07. The maximum Gasteiger partial charge on any atom is 0.227 e. The van der Waals surface area contributed by atoms with Gasteiger partial charge in [0.05, 0.1) is 5.39 Å². The maximum atomic E-state index is 6.08. The Morgan fingerprint density at radius 3 is 2.59 bits per heavy atom. The molecule has 0 aliphatic heterocycles. The second-order valence-corrected chi connectivity index (χ2v) is 5.52. The van der Waals surface area contributed by atoms with E-state index < -0.39 is 0 Å². The van der Waals surface area contributed by atoms with Gasteiger partial charge in [0.2, 0.25) is 5.52 Å². The van der Waals surface area contributed by atoms with Crippen LogP contribution in [0.4, 0.5) is 0 Å². The highest BCUT2D eigenvalue weighted by Gasteiger charge is 2.17. The zero-order valence-corrected chi connectivity index (χ0v) is 10.9. The summed E-state index contributed by atoms with van der Waals surface area (Å²) < 4.78 is 2.17. The van der Waals surface area contributed by atoms with Gasteiger partial charge in [-0.25, -0.2) is 0 Å². The van der Waals surface area contributed by atoms with Crippen LogP contribution in [0.1, 0.15) is 0 Å². The first kappa shape index (κ1) is 10.8. The van der Waals surface area contributed by atoms with Crippen LogP contribution in [0.2, 0.25) is 5.02 Å². The summed E-state index contributed by atoms with van der Waals surface area (Å²) in [6, 6.07) is 16.5. The van der Waals surface area contributed by atoms with Crippen LogP contribution in [0.3, 0.4) is 0 Å². The molecule has 0 aliphatic rings. The monoisotopic (exact) mass is 260 g/mol. The van der Waals surface area contributed by atoms with E-state index in [4.69, 9.17) is 11.6 Å². The molecule has 17 heavy (non-hydrogen) atoms. The molecule has 0 radical (unpaired) electrons. The van der Waals surface area contributed by atoms with Crippen LogP contribution in [0, 0.1) is 0 Å². The van der Waals surface area contributed by atoms with Crippen LogP contribution in [-0.2, 0) is 7.05 Å². The molecule has 2 aromatic carbocycles. The molecule has 0 N–H and O–H groups in total. The normalized spacial score (nSPS) is 10.9. The largest absolute Gasteiger partial charge is 0.227 e. The van der Waals surface area contributed by atoms with Crippen molar-refractivity contribution in [3.8, 4) is 10.4 Å². The predicted molar refractivity (Wildman–Crippen MR) is 73.4 cm³/mol. The van der Waals surface area contributed by atoms with Gasteiger partial charge < -0.3 is 0 Å². The molecule has 0 unspecified atom stereocenters. The molecule has 0 fully saturated rings. The standard InChI is InChI=1S/C14H11ClNS/c1-16-13-8-7-11(15)9-12(13)14(17-16)10-5-3-2-4-6-10/h2-9H,1H3/q+1. The van der Waals surface area contributed by atoms with Crippen molar-refractivity contribution in [2.45, 2.75) is 0 Å². The minimum atomic E-state index is 0.785. The molecule has 3 aromatic rings. The molecule has 0 bridgehead atoms. The van der Waals surface area contributed by atoms with Crippen molar-refractivity contribution in [2.75, 3.05) is 0 Å². The topological polar surface area (TPSA) is 3.88 Å². The lowest BCUT2D eigenvalue weighted by Crippen LogP contribution is -2.21. The van der Waals surface area contributed by atoms with Gasteiger partial charge in [-0.05, 0) is 17.7 Å². The number of aryl methyl sites for hydroxylation is 1. The van der Waals surface area contributed by atoms with Crippen molar-refractivity contribution in [3.05, 3.63) is 53.6 Å². The molecule has 0 saturated heterocycles. The second kappa shape index (κ2) is 4.13. The van der Waals surface area contributed by atoms with Gasteiger partial charge in [0.1, 0.15) is 16.4 Å². The summed E-state index contributed by atoms with van der Waals surface area (Å²) in [5.74, 6) is 0. The average Bonchev–Trinajstić information content (AvgIpc) is 2.67. The summed E-state index contributed by atoms with van der Waals surface area (Å²) in [4.78, 5) is 1.27. The van der Waals surface area contributed by atoms with Crippen molar-refractivity contribution in [2.24, 2.45) is 7.05 Å². The summed E-state index contributed by atoms with van der Waals surface area (Å²) in [6.45, 7) is 0. The number of hydrogen-bond acceptors (Lipinski definition) is 1. The van der Waals surface area contributed by atoms with Crippen LogP contribution in [-0.4, -0.2) is 0 Å². The Balaban J connectivity index is 2.34. The first-order chi connectivity index (χ1) is 8.25. The van der Waals surface area contributed by atoms with Crippen LogP contribution >= 0.6 is 23.1 Å². The number of nitrogens with zero attached hydrogens (tertiary/aromatic N) is 1. The van der Waals surface area contributed by atoms with E-state index in [-0.39, 0.29) is 0 Å². The number of rotatable bonds is 1. The Hall–Kier alpha value is -1.38. The van der Waals surface area contributed by atoms with Gasteiger partial charge in [0.15, 0.2) is 7.05 Å². The predicted octanol–water partition coefficient (Wildman–Crippen LogP) is 4.05. The molecule has 1 nitrogen and oxygen atoms in total. The molecule has 1 heterocycles. The summed E-state index contributed by atoms with van der Waals surface area (Å²) >= 11 is 7.83. The Morgan fingerprint density at radius 2 is 1.82 bits per heavy atom. The Kier molecular flexibility index (Phi) is 2.61. The lowest BCUT2D eigenvalue weighted by atomic mass is 10.1. The summed E-state index contributed by atoms with van der Waals surface area (Å²) in [5.41, 5.74) is 2.46. The third kappa shape index (κ3) is 1.84. The number of fused-ring (bicyclic) bond motifs is 1. The number of halogens is 1. The Bertz CT molecular complexity index is 673. The third-order valence-corrected chi connectivity index (χ3v) is 4.15. The number of benzene rings is 2. The van der Waals surface area contributed by atoms with Gasteiger partial charge in [-0.3, -0.25) is 0 Å². The summed E-state index contributed by atoms with van der Waals surface area (Å²) in [6.07, 6.45) is 0. The molecular weight excluding hydrogens is 250 g/mol. The average molecular weight is 261 g/mol. The van der Waals surface area contributed by atoms with E-state index >= 15 is 0 Å². The van der Waals surface area contributed by atoms with E-state index in [0.717, 1.165) is 5.02 Å². The fourth-order valence-electron chi connectivity index (χ4n) is 2.00. The Morgan fingerprint density at radius 1 is 1.06 bits per heavy atom. The molecule has 0 aliphatic carbocycles. The number of aromatic nitrogens is 1. The van der Waals surface area contributed by atoms with Crippen molar-refractivity contribution >= 4 is 34.0 Å². The van der Waals surface area contributed by atoms with Crippen LogP contribution < -0.4 is 3.96 Å². The lowest BCUT2D eigenvalue weighted by Gasteiger charge is -1.94. The van der Waals surface area contributed by atoms with Crippen LogP contribution in [0.15, 0.2) is 48.5 Å². The quantitative estimate of drug-likeness (QED) is 0.581. The summed E-state index contributed by atoms with van der Waals surface area (Å²) in [5, 5.41) is 2.00. The molecular formula is C14H11ClNS+.